The van der Waals surface area contributed by atoms with Crippen LogP contribution in [-0.4, -0.2) is 53.0 Å². The summed E-state index contributed by atoms with van der Waals surface area (Å²) in [6, 6.07) is 0.196. The van der Waals surface area contributed by atoms with Crippen LogP contribution in [0.4, 0.5) is 0 Å². The van der Waals surface area contributed by atoms with Gasteiger partial charge in [-0.05, 0) is 39.0 Å². The third kappa shape index (κ3) is 6.22. The monoisotopic (exact) mass is 332 g/mol. The third-order valence-electron chi connectivity index (χ3n) is 3.97. The van der Waals surface area contributed by atoms with Crippen molar-refractivity contribution in [2.45, 2.75) is 58.2 Å². The molecule has 122 valence electrons. The second-order valence-electron chi connectivity index (χ2n) is 5.68. The first-order chi connectivity index (χ1) is 10.0. The number of aliphatic hydroxyl groups excluding tert-OH is 1. The van der Waals surface area contributed by atoms with Gasteiger partial charge in [-0.3, -0.25) is 4.99 Å². The maximum absolute atomic E-state index is 9.17. The minimum atomic E-state index is -0.181. The molecule has 4 unspecified atom stereocenters. The Balaban J connectivity index is 2.51. The Morgan fingerprint density at radius 2 is 2.24 bits per heavy atom. The number of ether oxygens (including phenoxy) is 1. The topological polar surface area (TPSA) is 53.8 Å². The van der Waals surface area contributed by atoms with Crippen LogP contribution in [0.3, 0.4) is 0 Å². The van der Waals surface area contributed by atoms with Crippen LogP contribution < -0.4 is 5.32 Å². The SMILES string of the molecule is CCOC1CCC(NC(=S)C(C)=NC(CO)CS)C(C)C1. The lowest BCUT2D eigenvalue weighted by atomic mass is 9.84. The van der Waals surface area contributed by atoms with Crippen molar-refractivity contribution in [3.63, 3.8) is 0 Å². The number of thiol groups is 1. The molecule has 1 fully saturated rings. The molecule has 0 heterocycles. The van der Waals surface area contributed by atoms with Crippen molar-refractivity contribution < 1.29 is 9.84 Å². The van der Waals surface area contributed by atoms with Crippen LogP contribution in [-0.2, 0) is 4.74 Å². The van der Waals surface area contributed by atoms with Crippen molar-refractivity contribution >= 4 is 35.5 Å². The number of nitrogens with one attached hydrogen (secondary N) is 1. The minimum absolute atomic E-state index is 0.000673. The zero-order chi connectivity index (χ0) is 15.8. The molecule has 6 heteroatoms. The molecule has 1 aliphatic rings. The largest absolute Gasteiger partial charge is 0.394 e. The summed E-state index contributed by atoms with van der Waals surface area (Å²) in [4.78, 5) is 5.09. The molecule has 1 saturated carbocycles. The number of rotatable bonds is 7. The first-order valence-electron chi connectivity index (χ1n) is 7.70. The Bertz CT molecular complexity index is 360. The van der Waals surface area contributed by atoms with Gasteiger partial charge in [0.2, 0.25) is 0 Å². The molecule has 2 N–H and O–H groups in total. The average molecular weight is 333 g/mol. The predicted octanol–water partition coefficient (Wildman–Crippen LogP) is 2.25. The fourth-order valence-corrected chi connectivity index (χ4v) is 3.09. The Kier molecular flexibility index (Phi) is 8.78. The van der Waals surface area contributed by atoms with E-state index in [4.69, 9.17) is 22.1 Å². The Labute approximate surface area is 139 Å². The van der Waals surface area contributed by atoms with Crippen LogP contribution in [0.2, 0.25) is 0 Å². The van der Waals surface area contributed by atoms with Gasteiger partial charge in [-0.2, -0.15) is 12.6 Å². The lowest BCUT2D eigenvalue weighted by molar-refractivity contribution is 0.0160. The van der Waals surface area contributed by atoms with Crippen molar-refractivity contribution in [3.05, 3.63) is 0 Å². The predicted molar refractivity (Wildman–Crippen MR) is 95.8 cm³/mol. The highest BCUT2D eigenvalue weighted by Crippen LogP contribution is 2.26. The summed E-state index contributed by atoms with van der Waals surface area (Å²) in [5.74, 6) is 1.05. The van der Waals surface area contributed by atoms with E-state index in [1.807, 2.05) is 13.8 Å². The Morgan fingerprint density at radius 1 is 1.52 bits per heavy atom. The number of nitrogens with zero attached hydrogens (tertiary/aromatic N) is 1. The third-order valence-corrected chi connectivity index (χ3v) is 4.80. The molecule has 0 aromatic rings. The van der Waals surface area contributed by atoms with Crippen LogP contribution in [0.5, 0.6) is 0 Å². The van der Waals surface area contributed by atoms with E-state index in [1.54, 1.807) is 0 Å². The zero-order valence-electron chi connectivity index (χ0n) is 13.2. The van der Waals surface area contributed by atoms with Gasteiger partial charge in [0.1, 0.15) is 4.99 Å². The molecule has 0 aliphatic heterocycles. The van der Waals surface area contributed by atoms with Gasteiger partial charge in [-0.15, -0.1) is 0 Å². The van der Waals surface area contributed by atoms with E-state index in [9.17, 15) is 0 Å². The molecular formula is C15H28N2O2S2. The quantitative estimate of drug-likeness (QED) is 0.380. The van der Waals surface area contributed by atoms with Crippen LogP contribution >= 0.6 is 24.8 Å². The molecule has 0 aromatic carbocycles. The maximum atomic E-state index is 9.17. The molecule has 4 nitrogen and oxygen atoms in total. The molecule has 0 aromatic heterocycles. The number of hydrogen-bond acceptors (Lipinski definition) is 5. The summed E-state index contributed by atoms with van der Waals surface area (Å²) in [5, 5.41) is 12.6. The van der Waals surface area contributed by atoms with E-state index >= 15 is 0 Å². The molecule has 0 spiro atoms. The smallest absolute Gasteiger partial charge is 0.120 e. The molecule has 1 rings (SSSR count). The summed E-state index contributed by atoms with van der Waals surface area (Å²) >= 11 is 9.59. The van der Waals surface area contributed by atoms with E-state index < -0.39 is 0 Å². The van der Waals surface area contributed by atoms with E-state index in [0.717, 1.165) is 31.6 Å². The lowest BCUT2D eigenvalue weighted by Gasteiger charge is -2.35. The van der Waals surface area contributed by atoms with Crippen molar-refractivity contribution in [1.29, 1.82) is 0 Å². The maximum Gasteiger partial charge on any atom is 0.120 e. The average Bonchev–Trinajstić information content (AvgIpc) is 2.47. The van der Waals surface area contributed by atoms with Gasteiger partial charge in [0.25, 0.3) is 0 Å². The molecular weight excluding hydrogens is 304 g/mol. The first kappa shape index (κ1) is 18.9. The van der Waals surface area contributed by atoms with Gasteiger partial charge in [0.15, 0.2) is 0 Å². The molecule has 1 aliphatic carbocycles. The van der Waals surface area contributed by atoms with E-state index in [0.29, 0.717) is 28.8 Å². The summed E-state index contributed by atoms with van der Waals surface area (Å²) in [6.07, 6.45) is 3.59. The first-order valence-corrected chi connectivity index (χ1v) is 8.74. The molecule has 0 amide bonds. The zero-order valence-corrected chi connectivity index (χ0v) is 14.9. The standard InChI is InChI=1S/C15H28N2O2S2/c1-4-19-13-5-6-14(10(2)7-13)17-15(21)11(3)16-12(8-18)9-20/h10,12-14,18,20H,4-9H2,1-3H3,(H,17,21). The number of aliphatic imine (C=N–C) groups is 1. The lowest BCUT2D eigenvalue weighted by Crippen LogP contribution is -2.45. The van der Waals surface area contributed by atoms with Crippen LogP contribution in [0.15, 0.2) is 4.99 Å². The molecule has 4 atom stereocenters. The van der Waals surface area contributed by atoms with Gasteiger partial charge in [-0.1, -0.05) is 19.1 Å². The number of hydrogen-bond donors (Lipinski definition) is 3. The summed E-state index contributed by atoms with van der Waals surface area (Å²) in [7, 11) is 0. The van der Waals surface area contributed by atoms with Gasteiger partial charge in [0.05, 0.1) is 24.5 Å². The van der Waals surface area contributed by atoms with Gasteiger partial charge >= 0.3 is 0 Å². The summed E-state index contributed by atoms with van der Waals surface area (Å²) in [6.45, 7) is 6.95. The van der Waals surface area contributed by atoms with E-state index in [2.05, 4.69) is 29.9 Å². The minimum Gasteiger partial charge on any atom is -0.394 e. The Hall–Kier alpha value is -0.170. The molecule has 0 radical (unpaired) electrons. The van der Waals surface area contributed by atoms with Gasteiger partial charge in [0, 0.05) is 18.4 Å². The van der Waals surface area contributed by atoms with Crippen LogP contribution in [0.25, 0.3) is 0 Å². The van der Waals surface area contributed by atoms with Crippen molar-refractivity contribution in [2.75, 3.05) is 19.0 Å². The van der Waals surface area contributed by atoms with Crippen LogP contribution in [0, 0.1) is 5.92 Å². The van der Waals surface area contributed by atoms with Crippen molar-refractivity contribution in [3.8, 4) is 0 Å². The number of thiocarbonyl (C=S) groups is 1. The highest BCUT2D eigenvalue weighted by Gasteiger charge is 2.28. The van der Waals surface area contributed by atoms with Crippen LogP contribution in [0.1, 0.15) is 40.0 Å². The highest BCUT2D eigenvalue weighted by molar-refractivity contribution is 7.82. The van der Waals surface area contributed by atoms with E-state index in [-0.39, 0.29) is 12.6 Å². The van der Waals surface area contributed by atoms with Crippen molar-refractivity contribution in [2.24, 2.45) is 10.9 Å². The second-order valence-corrected chi connectivity index (χ2v) is 6.45. The highest BCUT2D eigenvalue weighted by atomic mass is 32.1. The molecule has 0 bridgehead atoms. The number of aliphatic hydroxyl groups is 1. The normalized spacial score (nSPS) is 28.2. The second kappa shape index (κ2) is 9.77. The fourth-order valence-electron chi connectivity index (χ4n) is 2.69. The fraction of sp³-hybridized carbons (Fsp3) is 0.867. The molecule has 21 heavy (non-hydrogen) atoms. The molecule has 0 saturated heterocycles. The summed E-state index contributed by atoms with van der Waals surface area (Å²) in [5.41, 5.74) is 0.775. The van der Waals surface area contributed by atoms with Gasteiger partial charge < -0.3 is 15.2 Å². The Morgan fingerprint density at radius 3 is 2.76 bits per heavy atom. The summed E-state index contributed by atoms with van der Waals surface area (Å²) < 4.78 is 5.72. The van der Waals surface area contributed by atoms with Gasteiger partial charge in [-0.25, -0.2) is 0 Å². The van der Waals surface area contributed by atoms with Crippen molar-refractivity contribution in [1.82, 2.24) is 5.32 Å². The van der Waals surface area contributed by atoms with E-state index in [1.165, 1.54) is 0 Å².